The molecule has 1 atom stereocenters. The average molecular weight is 867 g/mol. The first-order valence-corrected chi connectivity index (χ1v) is 18.5. The molecule has 0 aliphatic carbocycles. The number of benzene rings is 1. The predicted octanol–water partition coefficient (Wildman–Crippen LogP) is 11.3. The minimum atomic E-state index is -8.68. The Balaban J connectivity index is 3.18. The number of esters is 1. The minimum Gasteiger partial charge on any atom is -0.491 e. The lowest BCUT2D eigenvalue weighted by molar-refractivity contribution is -0.461. The van der Waals surface area contributed by atoms with E-state index < -0.39 is 98.2 Å². The number of ether oxygens (including phenoxy) is 2. The van der Waals surface area contributed by atoms with Crippen LogP contribution in [0.3, 0.4) is 0 Å². The van der Waals surface area contributed by atoms with E-state index in [9.17, 15) is 84.5 Å². The SMILES string of the molecule is C=CCOC(=O)/C=C(\C)C[C@H](O)c1ccc(OCCO[Si](CCC(F)(F)C(F)(F)C(F)(F)C(F)(F)C(F)(F)C(F)(F)C(F)(F)C(F)(F)F)(C(C)C)C(C)C)cc1. The van der Waals surface area contributed by atoms with Crippen molar-refractivity contribution >= 4 is 14.3 Å². The van der Waals surface area contributed by atoms with Crippen molar-refractivity contribution < 1.29 is 98.4 Å². The molecule has 5 nitrogen and oxygen atoms in total. The van der Waals surface area contributed by atoms with Crippen molar-refractivity contribution in [3.8, 4) is 5.75 Å². The number of carbonyl (C=O) groups is 1. The van der Waals surface area contributed by atoms with Crippen LogP contribution in [0.5, 0.6) is 5.75 Å². The first kappa shape index (κ1) is 50.9. The molecule has 0 aliphatic rings. The first-order valence-electron chi connectivity index (χ1n) is 16.3. The molecule has 1 aromatic carbocycles. The maximum atomic E-state index is 14.8. The highest BCUT2D eigenvalue weighted by atomic mass is 28.4. The molecule has 0 saturated heterocycles. The van der Waals surface area contributed by atoms with Crippen LogP contribution in [0.2, 0.25) is 17.1 Å². The molecular formula is C33H39F17O5Si. The smallest absolute Gasteiger partial charge is 0.460 e. The second-order valence-corrected chi connectivity index (χ2v) is 18.3. The zero-order chi connectivity index (χ0) is 44.1. The van der Waals surface area contributed by atoms with Crippen LogP contribution < -0.4 is 4.74 Å². The van der Waals surface area contributed by atoms with Crippen LogP contribution >= 0.6 is 0 Å². The summed E-state index contributed by atoms with van der Waals surface area (Å²) in [5.41, 5.74) is -0.865. The molecule has 324 valence electrons. The Hall–Kier alpha value is -3.08. The first-order chi connectivity index (χ1) is 25.1. The van der Waals surface area contributed by atoms with E-state index in [4.69, 9.17) is 13.9 Å². The van der Waals surface area contributed by atoms with E-state index in [1.54, 1.807) is 6.92 Å². The lowest BCUT2D eigenvalue weighted by Gasteiger charge is -2.44. The van der Waals surface area contributed by atoms with Crippen LogP contribution in [0.1, 0.15) is 59.1 Å². The van der Waals surface area contributed by atoms with Gasteiger partial charge in [-0.25, -0.2) is 4.79 Å². The van der Waals surface area contributed by atoms with E-state index in [0.29, 0.717) is 11.1 Å². The summed E-state index contributed by atoms with van der Waals surface area (Å²) in [7, 11) is -3.95. The summed E-state index contributed by atoms with van der Waals surface area (Å²) in [4.78, 5) is 11.7. The Morgan fingerprint density at radius 3 is 1.61 bits per heavy atom. The van der Waals surface area contributed by atoms with E-state index in [1.807, 2.05) is 0 Å². The summed E-state index contributed by atoms with van der Waals surface area (Å²) in [6, 6.07) is 4.33. The van der Waals surface area contributed by atoms with Crippen molar-refractivity contribution in [3.05, 3.63) is 54.1 Å². The molecule has 0 aliphatic heterocycles. The van der Waals surface area contributed by atoms with Crippen molar-refractivity contribution in [1.82, 2.24) is 0 Å². The predicted molar refractivity (Wildman–Crippen MR) is 168 cm³/mol. The number of aliphatic hydroxyl groups is 1. The third kappa shape index (κ3) is 9.95. The third-order valence-corrected chi connectivity index (χ3v) is 14.5. The van der Waals surface area contributed by atoms with Gasteiger partial charge in [-0.15, -0.1) is 0 Å². The standard InChI is InChI=1S/C33H39F17O5Si/c1-7-13-54-25(52)18-21(6)17-24(51)22-8-10-23(11-9-22)53-14-15-55-56(19(2)3,20(4)5)16-12-26(34,35)27(36,37)28(38,39)29(40,41)30(42,43)31(44,45)32(46,47)33(48,49)50/h7-11,18-20,24,51H,1,12-17H2,2-6H3/b21-18+/t24-/m0/s1. The summed E-state index contributed by atoms with van der Waals surface area (Å²) in [5, 5.41) is 10.5. The number of halogens is 17. The number of rotatable bonds is 22. The van der Waals surface area contributed by atoms with Gasteiger partial charge in [0.1, 0.15) is 19.0 Å². The topological polar surface area (TPSA) is 65.0 Å². The quantitative estimate of drug-likeness (QED) is 0.0314. The van der Waals surface area contributed by atoms with Gasteiger partial charge in [-0.05, 0) is 48.2 Å². The van der Waals surface area contributed by atoms with Gasteiger partial charge < -0.3 is 19.0 Å². The molecule has 0 radical (unpaired) electrons. The zero-order valence-electron chi connectivity index (χ0n) is 30.2. The molecular weight excluding hydrogens is 827 g/mol. The number of hydrogen-bond donors (Lipinski definition) is 1. The molecule has 0 unspecified atom stereocenters. The highest BCUT2D eigenvalue weighted by molar-refractivity contribution is 6.76. The number of alkyl halides is 17. The molecule has 0 amide bonds. The molecule has 0 fully saturated rings. The maximum Gasteiger partial charge on any atom is 0.460 e. The second kappa shape index (κ2) is 17.8. The highest BCUT2D eigenvalue weighted by Crippen LogP contribution is 2.64. The largest absolute Gasteiger partial charge is 0.491 e. The van der Waals surface area contributed by atoms with Crippen LogP contribution in [-0.4, -0.2) is 86.8 Å². The molecule has 0 spiro atoms. The van der Waals surface area contributed by atoms with E-state index in [0.717, 1.165) is 0 Å². The zero-order valence-corrected chi connectivity index (χ0v) is 31.2. The van der Waals surface area contributed by atoms with Crippen molar-refractivity contribution in [3.63, 3.8) is 0 Å². The number of aliphatic hydroxyl groups excluding tert-OH is 1. The van der Waals surface area contributed by atoms with Crippen LogP contribution in [0.25, 0.3) is 0 Å². The highest BCUT2D eigenvalue weighted by Gasteiger charge is 2.95. The van der Waals surface area contributed by atoms with Gasteiger partial charge in [-0.3, -0.25) is 0 Å². The Kier molecular flexibility index (Phi) is 16.2. The second-order valence-electron chi connectivity index (χ2n) is 13.3. The van der Waals surface area contributed by atoms with Crippen molar-refractivity contribution in [2.24, 2.45) is 0 Å². The third-order valence-electron chi connectivity index (χ3n) is 8.78. The molecule has 1 N–H and O–H groups in total. The van der Waals surface area contributed by atoms with Crippen LogP contribution in [0, 0.1) is 0 Å². The van der Waals surface area contributed by atoms with Crippen LogP contribution in [0.15, 0.2) is 48.6 Å². The van der Waals surface area contributed by atoms with Gasteiger partial charge in [-0.1, -0.05) is 58.1 Å². The van der Waals surface area contributed by atoms with Crippen LogP contribution in [0.4, 0.5) is 74.6 Å². The summed E-state index contributed by atoms with van der Waals surface area (Å²) < 4.78 is 250. The fourth-order valence-corrected chi connectivity index (χ4v) is 9.87. The Bertz CT molecular complexity index is 1490. The molecule has 1 rings (SSSR count). The molecule has 1 aromatic rings. The lowest BCUT2D eigenvalue weighted by atomic mass is 9.88. The normalized spacial score (nSPS) is 15.3. The van der Waals surface area contributed by atoms with Gasteiger partial charge in [-0.2, -0.15) is 74.6 Å². The molecule has 0 saturated carbocycles. The Morgan fingerprint density at radius 2 is 1.18 bits per heavy atom. The van der Waals surface area contributed by atoms with Crippen molar-refractivity contribution in [2.75, 3.05) is 19.8 Å². The Labute approximate surface area is 311 Å². The van der Waals surface area contributed by atoms with Gasteiger partial charge >= 0.3 is 53.6 Å². The molecule has 0 bridgehead atoms. The molecule has 23 heteroatoms. The van der Waals surface area contributed by atoms with E-state index in [1.165, 1.54) is 64.1 Å². The molecule has 0 aromatic heterocycles. The minimum absolute atomic E-state index is 0.0223. The average Bonchev–Trinajstić information content (AvgIpc) is 3.05. The van der Waals surface area contributed by atoms with E-state index in [2.05, 4.69) is 6.58 Å². The summed E-state index contributed by atoms with van der Waals surface area (Å²) >= 11 is 0. The monoisotopic (exact) mass is 866 g/mol. The van der Waals surface area contributed by atoms with Crippen LogP contribution in [-0.2, 0) is 14.0 Å². The molecule has 56 heavy (non-hydrogen) atoms. The van der Waals surface area contributed by atoms with Crippen molar-refractivity contribution in [1.29, 1.82) is 0 Å². The maximum absolute atomic E-state index is 14.8. The fraction of sp³-hybridized carbons (Fsp3) is 0.667. The Morgan fingerprint density at radius 1 is 0.732 bits per heavy atom. The summed E-state index contributed by atoms with van der Waals surface area (Å²) in [6.45, 7) is 9.35. The van der Waals surface area contributed by atoms with Crippen molar-refractivity contribution in [2.45, 2.75) is 118 Å². The van der Waals surface area contributed by atoms with Gasteiger partial charge in [0.25, 0.3) is 0 Å². The van der Waals surface area contributed by atoms with Gasteiger partial charge in [0, 0.05) is 12.5 Å². The van der Waals surface area contributed by atoms with E-state index in [-0.39, 0.29) is 25.4 Å². The van der Waals surface area contributed by atoms with Gasteiger partial charge in [0.05, 0.1) is 12.7 Å². The fourth-order valence-electron chi connectivity index (χ4n) is 5.40. The molecule has 0 heterocycles. The summed E-state index contributed by atoms with van der Waals surface area (Å²) in [5.74, 6) is -57.2. The van der Waals surface area contributed by atoms with E-state index >= 15 is 0 Å². The summed E-state index contributed by atoms with van der Waals surface area (Å²) in [6.07, 6.45) is -8.89. The lowest BCUT2D eigenvalue weighted by Crippen LogP contribution is -2.74. The van der Waals surface area contributed by atoms with Gasteiger partial charge in [0.15, 0.2) is 8.32 Å². The van der Waals surface area contributed by atoms with Gasteiger partial charge in [0.2, 0.25) is 0 Å². The number of hydrogen-bond acceptors (Lipinski definition) is 5. The number of carbonyl (C=O) groups excluding carboxylic acids is 1.